The number of methoxy groups -OCH3 is 1. The van der Waals surface area contributed by atoms with Crippen molar-refractivity contribution >= 4 is 0 Å². The molecule has 0 aliphatic heterocycles. The molecular weight excluding hydrogens is 252 g/mol. The summed E-state index contributed by atoms with van der Waals surface area (Å²) in [6.45, 7) is 0. The molecule has 3 atom stereocenters. The maximum Gasteiger partial charge on any atom is 0.130 e. The topological polar surface area (TPSA) is 38.7 Å². The molecule has 0 amide bonds. The highest BCUT2D eigenvalue weighted by atomic mass is 16.6. The van der Waals surface area contributed by atoms with Gasteiger partial charge in [-0.2, -0.15) is 0 Å². The summed E-state index contributed by atoms with van der Waals surface area (Å²) >= 11 is 0. The number of hydrogen-bond donors (Lipinski definition) is 1. The second kappa shape index (κ2) is 5.65. The smallest absolute Gasteiger partial charge is 0.130 e. The molecule has 20 heavy (non-hydrogen) atoms. The molecule has 0 saturated heterocycles. The lowest BCUT2D eigenvalue weighted by Crippen LogP contribution is -2.54. The molecule has 1 aliphatic carbocycles. The van der Waals surface area contributed by atoms with Gasteiger partial charge in [-0.3, -0.25) is 0 Å². The Balaban J connectivity index is 1.84. The Kier molecular flexibility index (Phi) is 3.72. The molecule has 0 heterocycles. The molecular formula is C17H18O3. The zero-order chi connectivity index (χ0) is 13.9. The second-order valence-corrected chi connectivity index (χ2v) is 5.02. The normalized spacial score (nSPS) is 25.0. The van der Waals surface area contributed by atoms with Crippen molar-refractivity contribution in [3.8, 4) is 16.9 Å². The molecule has 1 fully saturated rings. The fourth-order valence-electron chi connectivity index (χ4n) is 2.57. The Morgan fingerprint density at radius 2 is 1.70 bits per heavy atom. The minimum atomic E-state index is -0.422. The van der Waals surface area contributed by atoms with Gasteiger partial charge in [0.25, 0.3) is 0 Å². The van der Waals surface area contributed by atoms with Crippen LogP contribution in [0.25, 0.3) is 11.1 Å². The molecule has 104 valence electrons. The average molecular weight is 270 g/mol. The van der Waals surface area contributed by atoms with E-state index in [-0.39, 0.29) is 12.2 Å². The van der Waals surface area contributed by atoms with E-state index in [0.717, 1.165) is 16.9 Å². The summed E-state index contributed by atoms with van der Waals surface area (Å²) in [5.41, 5.74) is 2.18. The van der Waals surface area contributed by atoms with Gasteiger partial charge in [-0.15, -0.1) is 0 Å². The van der Waals surface area contributed by atoms with E-state index in [2.05, 4.69) is 12.1 Å². The number of aliphatic hydroxyl groups excluding tert-OH is 1. The van der Waals surface area contributed by atoms with E-state index in [0.29, 0.717) is 6.42 Å². The van der Waals surface area contributed by atoms with Crippen LogP contribution in [0, 0.1) is 0 Å². The number of ether oxygens (including phenoxy) is 2. The quantitative estimate of drug-likeness (QED) is 0.928. The predicted octanol–water partition coefficient (Wildman–Crippen LogP) is 2.88. The summed E-state index contributed by atoms with van der Waals surface area (Å²) in [6.07, 6.45) is -0.130. The fraction of sp³-hybridized carbons (Fsp3) is 0.294. The molecule has 3 unspecified atom stereocenters. The van der Waals surface area contributed by atoms with Crippen LogP contribution >= 0.6 is 0 Å². The van der Waals surface area contributed by atoms with Gasteiger partial charge in [-0.25, -0.2) is 0 Å². The zero-order valence-corrected chi connectivity index (χ0v) is 11.4. The van der Waals surface area contributed by atoms with Gasteiger partial charge in [0.1, 0.15) is 18.0 Å². The molecule has 0 spiro atoms. The van der Waals surface area contributed by atoms with Crippen LogP contribution in [0.15, 0.2) is 54.6 Å². The number of benzene rings is 2. The molecule has 0 radical (unpaired) electrons. The lowest BCUT2D eigenvalue weighted by molar-refractivity contribution is -0.148. The lowest BCUT2D eigenvalue weighted by Gasteiger charge is -2.40. The molecule has 3 nitrogen and oxygen atoms in total. The van der Waals surface area contributed by atoms with Gasteiger partial charge >= 0.3 is 0 Å². The van der Waals surface area contributed by atoms with E-state index in [1.165, 1.54) is 0 Å². The lowest BCUT2D eigenvalue weighted by atomic mass is 9.88. The van der Waals surface area contributed by atoms with E-state index in [1.54, 1.807) is 7.11 Å². The van der Waals surface area contributed by atoms with E-state index in [9.17, 15) is 5.11 Å². The molecule has 3 rings (SSSR count). The predicted molar refractivity (Wildman–Crippen MR) is 77.7 cm³/mol. The largest absolute Gasteiger partial charge is 0.487 e. The van der Waals surface area contributed by atoms with E-state index >= 15 is 0 Å². The van der Waals surface area contributed by atoms with Gasteiger partial charge in [0, 0.05) is 19.1 Å². The van der Waals surface area contributed by atoms with Crippen molar-refractivity contribution in [2.24, 2.45) is 0 Å². The summed E-state index contributed by atoms with van der Waals surface area (Å²) in [5.74, 6) is 0.831. The summed E-state index contributed by atoms with van der Waals surface area (Å²) < 4.78 is 11.3. The van der Waals surface area contributed by atoms with E-state index in [4.69, 9.17) is 9.47 Å². The third-order valence-electron chi connectivity index (χ3n) is 3.74. The number of hydrogen-bond acceptors (Lipinski definition) is 3. The van der Waals surface area contributed by atoms with Gasteiger partial charge in [-0.05, 0) is 11.6 Å². The van der Waals surface area contributed by atoms with Crippen LogP contribution in [0.3, 0.4) is 0 Å². The Morgan fingerprint density at radius 1 is 1.00 bits per heavy atom. The Morgan fingerprint density at radius 3 is 2.40 bits per heavy atom. The maximum atomic E-state index is 9.64. The Hall–Kier alpha value is -1.84. The summed E-state index contributed by atoms with van der Waals surface area (Å²) in [7, 11) is 1.60. The molecule has 2 aromatic carbocycles. The van der Waals surface area contributed by atoms with E-state index < -0.39 is 6.10 Å². The molecule has 3 heteroatoms. The van der Waals surface area contributed by atoms with Crippen molar-refractivity contribution in [1.29, 1.82) is 0 Å². The van der Waals surface area contributed by atoms with Crippen molar-refractivity contribution in [1.82, 2.24) is 0 Å². The average Bonchev–Trinajstić information content (AvgIpc) is 2.48. The molecule has 1 N–H and O–H groups in total. The minimum absolute atomic E-state index is 0.0835. The van der Waals surface area contributed by atoms with Crippen molar-refractivity contribution < 1.29 is 14.6 Å². The van der Waals surface area contributed by atoms with Crippen molar-refractivity contribution in [3.63, 3.8) is 0 Å². The van der Waals surface area contributed by atoms with Gasteiger partial charge in [-0.1, -0.05) is 48.5 Å². The van der Waals surface area contributed by atoms with Crippen molar-refractivity contribution in [2.45, 2.75) is 24.7 Å². The monoisotopic (exact) mass is 270 g/mol. The Labute approximate surface area is 118 Å². The van der Waals surface area contributed by atoms with Crippen LogP contribution in [-0.4, -0.2) is 30.5 Å². The van der Waals surface area contributed by atoms with Crippen LogP contribution in [0.1, 0.15) is 6.42 Å². The SMILES string of the molecule is COC1C(O)CC1Oc1ccccc1-c1ccccc1. The van der Waals surface area contributed by atoms with Crippen molar-refractivity contribution in [3.05, 3.63) is 54.6 Å². The maximum absolute atomic E-state index is 9.64. The third kappa shape index (κ3) is 2.42. The molecule has 0 aromatic heterocycles. The zero-order valence-electron chi connectivity index (χ0n) is 11.4. The van der Waals surface area contributed by atoms with Crippen LogP contribution in [0.4, 0.5) is 0 Å². The van der Waals surface area contributed by atoms with E-state index in [1.807, 2.05) is 42.5 Å². The van der Waals surface area contributed by atoms with Crippen LogP contribution < -0.4 is 4.74 Å². The molecule has 2 aromatic rings. The Bertz CT molecular complexity index is 567. The first-order valence-electron chi connectivity index (χ1n) is 6.81. The highest BCUT2D eigenvalue weighted by Crippen LogP contribution is 2.34. The van der Waals surface area contributed by atoms with Gasteiger partial charge < -0.3 is 14.6 Å². The number of aliphatic hydroxyl groups is 1. The summed E-state index contributed by atoms with van der Waals surface area (Å²) in [6, 6.07) is 18.1. The van der Waals surface area contributed by atoms with Crippen molar-refractivity contribution in [2.75, 3.05) is 7.11 Å². The first-order chi connectivity index (χ1) is 9.79. The number of rotatable bonds is 4. The molecule has 1 aliphatic rings. The highest BCUT2D eigenvalue weighted by molar-refractivity contribution is 5.70. The molecule has 0 bridgehead atoms. The minimum Gasteiger partial charge on any atom is -0.487 e. The summed E-state index contributed by atoms with van der Waals surface area (Å²) in [4.78, 5) is 0. The number of para-hydroxylation sites is 1. The standard InChI is InChI=1S/C17H18O3/c1-19-17-14(18)11-16(17)20-15-10-6-5-9-13(15)12-7-3-2-4-8-12/h2-10,14,16-18H,11H2,1H3. The van der Waals surface area contributed by atoms with Crippen LogP contribution in [-0.2, 0) is 4.74 Å². The van der Waals surface area contributed by atoms with Crippen LogP contribution in [0.5, 0.6) is 5.75 Å². The first kappa shape index (κ1) is 13.2. The van der Waals surface area contributed by atoms with Crippen LogP contribution in [0.2, 0.25) is 0 Å². The van der Waals surface area contributed by atoms with Gasteiger partial charge in [0.2, 0.25) is 0 Å². The highest BCUT2D eigenvalue weighted by Gasteiger charge is 2.42. The van der Waals surface area contributed by atoms with Gasteiger partial charge in [0.05, 0.1) is 6.10 Å². The second-order valence-electron chi connectivity index (χ2n) is 5.02. The summed E-state index contributed by atoms with van der Waals surface area (Å²) in [5, 5.41) is 9.64. The molecule has 1 saturated carbocycles. The third-order valence-corrected chi connectivity index (χ3v) is 3.74. The fourth-order valence-corrected chi connectivity index (χ4v) is 2.57. The van der Waals surface area contributed by atoms with Gasteiger partial charge in [0.15, 0.2) is 0 Å². The first-order valence-corrected chi connectivity index (χ1v) is 6.81.